The van der Waals surface area contributed by atoms with Gasteiger partial charge in [-0.25, -0.2) is 9.36 Å². The molecule has 4 rings (SSSR count). The molecule has 1 aromatic carbocycles. The Hall–Kier alpha value is -2.71. The maximum absolute atomic E-state index is 12.2. The molecule has 8 heteroatoms. The van der Waals surface area contributed by atoms with Crippen molar-refractivity contribution in [3.63, 3.8) is 0 Å². The normalized spacial score (nSPS) is 18.5. The molecule has 2 aromatic heterocycles. The van der Waals surface area contributed by atoms with E-state index in [9.17, 15) is 9.59 Å². The molecule has 1 fully saturated rings. The first kappa shape index (κ1) is 21.5. The summed E-state index contributed by atoms with van der Waals surface area (Å²) in [7, 11) is 0. The summed E-state index contributed by atoms with van der Waals surface area (Å²) in [6.45, 7) is 14.3. The first-order chi connectivity index (χ1) is 14.8. The molecule has 31 heavy (non-hydrogen) atoms. The Balaban J connectivity index is 1.60. The molecular formula is C23H31N5O3. The van der Waals surface area contributed by atoms with E-state index < -0.39 is 11.2 Å². The van der Waals surface area contributed by atoms with E-state index in [1.54, 1.807) is 0 Å². The quantitative estimate of drug-likeness (QED) is 0.653. The van der Waals surface area contributed by atoms with Gasteiger partial charge in [-0.2, -0.15) is 0 Å². The van der Waals surface area contributed by atoms with Gasteiger partial charge in [0.25, 0.3) is 5.56 Å². The van der Waals surface area contributed by atoms with Crippen molar-refractivity contribution in [1.82, 2.24) is 24.5 Å². The van der Waals surface area contributed by atoms with Gasteiger partial charge in [0.2, 0.25) is 0 Å². The van der Waals surface area contributed by atoms with Crippen LogP contribution in [0.25, 0.3) is 16.8 Å². The summed E-state index contributed by atoms with van der Waals surface area (Å²) in [5.74, 6) is 1.62. The van der Waals surface area contributed by atoms with E-state index in [-0.39, 0.29) is 0 Å². The second-order valence-corrected chi connectivity index (χ2v) is 9.25. The van der Waals surface area contributed by atoms with Crippen LogP contribution in [0.5, 0.6) is 0 Å². The minimum atomic E-state index is -0.533. The van der Waals surface area contributed by atoms with Gasteiger partial charge >= 0.3 is 5.69 Å². The van der Waals surface area contributed by atoms with E-state index in [0.717, 1.165) is 43.7 Å². The van der Waals surface area contributed by atoms with Gasteiger partial charge in [-0.1, -0.05) is 38.9 Å². The van der Waals surface area contributed by atoms with Crippen molar-refractivity contribution in [3.8, 4) is 5.82 Å². The number of aromatic amines is 1. The lowest BCUT2D eigenvalue weighted by atomic mass is 9.98. The molecule has 1 aliphatic heterocycles. The average molecular weight is 426 g/mol. The van der Waals surface area contributed by atoms with Gasteiger partial charge < -0.3 is 9.42 Å². The van der Waals surface area contributed by atoms with Gasteiger partial charge in [-0.05, 0) is 29.5 Å². The van der Waals surface area contributed by atoms with Crippen LogP contribution < -0.4 is 11.2 Å². The maximum Gasteiger partial charge on any atom is 0.334 e. The minimum Gasteiger partial charge on any atom is -0.354 e. The summed E-state index contributed by atoms with van der Waals surface area (Å²) < 4.78 is 6.73. The van der Waals surface area contributed by atoms with Gasteiger partial charge in [0.05, 0.1) is 5.39 Å². The number of hydrogen-bond donors (Lipinski definition) is 1. The molecule has 1 atom stereocenters. The van der Waals surface area contributed by atoms with E-state index >= 15 is 0 Å². The Labute approximate surface area is 181 Å². The zero-order chi connectivity index (χ0) is 22.1. The second-order valence-electron chi connectivity index (χ2n) is 9.25. The van der Waals surface area contributed by atoms with Crippen LogP contribution in [-0.4, -0.2) is 56.7 Å². The van der Waals surface area contributed by atoms with Crippen LogP contribution >= 0.6 is 0 Å². The van der Waals surface area contributed by atoms with Crippen molar-refractivity contribution in [1.29, 1.82) is 0 Å². The zero-order valence-electron chi connectivity index (χ0n) is 18.7. The lowest BCUT2D eigenvalue weighted by molar-refractivity contribution is 0.0390. The van der Waals surface area contributed by atoms with Crippen molar-refractivity contribution >= 4 is 11.0 Å². The molecule has 0 bridgehead atoms. The van der Waals surface area contributed by atoms with E-state index in [4.69, 9.17) is 4.52 Å². The van der Waals surface area contributed by atoms with Crippen LogP contribution in [0.4, 0.5) is 0 Å². The van der Waals surface area contributed by atoms with Gasteiger partial charge in [-0.15, -0.1) is 0 Å². The number of aromatic nitrogens is 3. The molecule has 0 amide bonds. The molecular weight excluding hydrogens is 394 g/mol. The fourth-order valence-corrected chi connectivity index (χ4v) is 4.48. The molecule has 166 valence electrons. The first-order valence-corrected chi connectivity index (χ1v) is 11.0. The van der Waals surface area contributed by atoms with Crippen LogP contribution in [0.1, 0.15) is 33.3 Å². The fourth-order valence-electron chi connectivity index (χ4n) is 4.48. The van der Waals surface area contributed by atoms with Crippen molar-refractivity contribution in [2.75, 3.05) is 26.2 Å². The molecule has 3 heterocycles. The number of rotatable bonds is 6. The molecule has 3 aromatic rings. The number of H-pyrrole nitrogens is 1. The van der Waals surface area contributed by atoms with Crippen molar-refractivity contribution < 1.29 is 4.52 Å². The SMILES string of the molecule is CC(C)CN1CCN(Cc2ccc3onc(-n4ccc(=O)[nH]c4=O)c3c2)C(C(C)C)C1. The van der Waals surface area contributed by atoms with Crippen LogP contribution in [0, 0.1) is 11.8 Å². The highest BCUT2D eigenvalue weighted by Gasteiger charge is 2.29. The van der Waals surface area contributed by atoms with Crippen LogP contribution in [0.2, 0.25) is 0 Å². The lowest BCUT2D eigenvalue weighted by Gasteiger charge is -2.44. The number of fused-ring (bicyclic) bond motifs is 1. The van der Waals surface area contributed by atoms with Crippen LogP contribution in [0.3, 0.4) is 0 Å². The van der Waals surface area contributed by atoms with Crippen LogP contribution in [-0.2, 0) is 6.54 Å². The monoisotopic (exact) mass is 425 g/mol. The summed E-state index contributed by atoms with van der Waals surface area (Å²) in [5, 5.41) is 4.83. The Morgan fingerprint density at radius 3 is 2.68 bits per heavy atom. The lowest BCUT2D eigenvalue weighted by Crippen LogP contribution is -2.55. The largest absolute Gasteiger partial charge is 0.354 e. The third-order valence-corrected chi connectivity index (χ3v) is 5.96. The predicted molar refractivity (Wildman–Crippen MR) is 121 cm³/mol. The molecule has 0 radical (unpaired) electrons. The van der Waals surface area contributed by atoms with Gasteiger partial charge in [0, 0.05) is 51.0 Å². The van der Waals surface area contributed by atoms with Gasteiger partial charge in [-0.3, -0.25) is 14.7 Å². The third-order valence-electron chi connectivity index (χ3n) is 5.96. The van der Waals surface area contributed by atoms with E-state index in [1.165, 1.54) is 16.8 Å². The number of nitrogens with one attached hydrogen (secondary N) is 1. The molecule has 8 nitrogen and oxygen atoms in total. The number of nitrogens with zero attached hydrogens (tertiary/aromatic N) is 4. The number of hydrogen-bond acceptors (Lipinski definition) is 6. The van der Waals surface area contributed by atoms with Gasteiger partial charge in [0.15, 0.2) is 11.4 Å². The minimum absolute atomic E-state index is 0.389. The zero-order valence-corrected chi connectivity index (χ0v) is 18.7. The molecule has 1 N–H and O–H groups in total. The second kappa shape index (κ2) is 8.80. The predicted octanol–water partition coefficient (Wildman–Crippen LogP) is 2.47. The molecule has 0 aliphatic carbocycles. The summed E-state index contributed by atoms with van der Waals surface area (Å²) in [6, 6.07) is 7.79. The Bertz CT molecular complexity index is 1160. The average Bonchev–Trinajstić information content (AvgIpc) is 3.11. The molecule has 0 spiro atoms. The van der Waals surface area contributed by atoms with E-state index in [2.05, 4.69) is 53.7 Å². The Kier molecular flexibility index (Phi) is 6.11. The Morgan fingerprint density at radius 2 is 1.97 bits per heavy atom. The van der Waals surface area contributed by atoms with E-state index in [1.807, 2.05) is 12.1 Å². The summed E-state index contributed by atoms with van der Waals surface area (Å²) in [5.41, 5.74) is 0.789. The Morgan fingerprint density at radius 1 is 1.16 bits per heavy atom. The fraction of sp³-hybridized carbons (Fsp3) is 0.522. The standard InChI is InChI=1S/C23H31N5O3/c1-15(2)12-26-9-10-27(19(14-26)16(3)4)13-17-5-6-20-18(11-17)22(25-31-20)28-8-7-21(29)24-23(28)30/h5-8,11,15-16,19H,9-10,12-14H2,1-4H3,(H,24,29,30). The molecule has 0 saturated carbocycles. The van der Waals surface area contributed by atoms with E-state index in [0.29, 0.717) is 29.3 Å². The summed E-state index contributed by atoms with van der Waals surface area (Å²) >= 11 is 0. The van der Waals surface area contributed by atoms with Crippen molar-refractivity contribution in [2.45, 2.75) is 40.3 Å². The third kappa shape index (κ3) is 4.65. The topological polar surface area (TPSA) is 87.4 Å². The highest BCUT2D eigenvalue weighted by Crippen LogP contribution is 2.25. The highest BCUT2D eigenvalue weighted by atomic mass is 16.5. The maximum atomic E-state index is 12.2. The first-order valence-electron chi connectivity index (χ1n) is 11.0. The summed E-state index contributed by atoms with van der Waals surface area (Å²) in [4.78, 5) is 31.0. The smallest absolute Gasteiger partial charge is 0.334 e. The van der Waals surface area contributed by atoms with Gasteiger partial charge in [0.1, 0.15) is 0 Å². The highest BCUT2D eigenvalue weighted by molar-refractivity contribution is 5.84. The molecule has 1 aliphatic rings. The molecule has 1 saturated heterocycles. The van der Waals surface area contributed by atoms with Crippen molar-refractivity contribution in [2.24, 2.45) is 11.8 Å². The molecule has 1 unspecified atom stereocenters. The number of piperazine rings is 1. The van der Waals surface area contributed by atoms with Crippen LogP contribution in [0.15, 0.2) is 44.6 Å². The number of benzene rings is 1. The van der Waals surface area contributed by atoms with Crippen molar-refractivity contribution in [3.05, 3.63) is 56.9 Å². The summed E-state index contributed by atoms with van der Waals surface area (Å²) in [6.07, 6.45) is 1.42.